The van der Waals surface area contributed by atoms with Crippen LogP contribution in [0.1, 0.15) is 345 Å². The van der Waals surface area contributed by atoms with Gasteiger partial charge in [-0.2, -0.15) is 0 Å². The van der Waals surface area contributed by atoms with Gasteiger partial charge in [-0.1, -0.05) is 322 Å². The Kier molecular flexibility index (Phi) is 49.0. The summed E-state index contributed by atoms with van der Waals surface area (Å²) in [4.78, 5) is 15.9. The van der Waals surface area contributed by atoms with Gasteiger partial charge in [-0.3, -0.25) is 4.79 Å². The Morgan fingerprint density at radius 1 is 0.351 bits per heavy atom. The summed E-state index contributed by atoms with van der Waals surface area (Å²) < 4.78 is 26.0. The van der Waals surface area contributed by atoms with Crippen molar-refractivity contribution < 1.29 is 23.7 Å². The number of unbranched alkanes of at least 4 members (excludes halogenated alkanes) is 45. The molecule has 0 fully saturated rings. The van der Waals surface area contributed by atoms with E-state index in [4.69, 9.17) is 18.9 Å². The van der Waals surface area contributed by atoms with Gasteiger partial charge in [-0.25, -0.2) is 0 Å². The molecule has 0 radical (unpaired) electrons. The number of rotatable bonds is 59. The Labute approximate surface area is 478 Å². The zero-order chi connectivity index (χ0) is 55.2. The fourth-order valence-electron chi connectivity index (χ4n) is 10.9. The topological polar surface area (TPSA) is 57.2 Å². The van der Waals surface area contributed by atoms with Crippen molar-refractivity contribution in [1.82, 2.24) is 4.90 Å². The summed E-state index contributed by atoms with van der Waals surface area (Å²) in [7, 11) is 1.86. The maximum Gasteiger partial charge on any atom is 0.253 e. The second kappa shape index (κ2) is 53.7. The van der Waals surface area contributed by atoms with Crippen molar-refractivity contribution in [2.45, 2.75) is 336 Å². The van der Waals surface area contributed by atoms with Crippen LogP contribution in [-0.4, -0.2) is 50.8 Å². The van der Waals surface area contributed by atoms with E-state index in [1.807, 2.05) is 37.4 Å². The van der Waals surface area contributed by atoms with Gasteiger partial charge in [0.15, 0.2) is 11.5 Å². The number of aryl methyl sites for hydroxylation is 1. The van der Waals surface area contributed by atoms with Crippen molar-refractivity contribution in [3.63, 3.8) is 0 Å². The SMILES string of the molecule is CCCCCCCCCCCCCCCCCCOc1cc(C(=O)N(C)CCOc2cccc(C)c2)cc(OCCCCCCCCCCCCCCCCCC)c1OCCCCCCCCCCCCCCCCCC. The summed E-state index contributed by atoms with van der Waals surface area (Å²) >= 11 is 0. The van der Waals surface area contributed by atoms with Gasteiger partial charge < -0.3 is 23.8 Å². The molecule has 1 amide bonds. The quantitative estimate of drug-likeness (QED) is 0.0618. The number of amides is 1. The molecule has 6 heteroatoms. The standard InChI is InChI=1S/C71H127NO5/c1-6-9-12-15-18-21-24-27-30-33-36-39-42-45-48-51-58-75-68-63-66(71(73)72(5)57-61-74-67-56-54-55-65(4)62-67)64-69(76-59-52-49-46-43-40-37-34-31-28-25-22-19-16-13-10-7-2)70(68)77-60-53-50-47-44-41-38-35-32-29-26-23-20-17-14-11-8-3/h54-56,62-64H,6-53,57-61H2,1-5H3. The number of ether oxygens (including phenoxy) is 4. The van der Waals surface area contributed by atoms with E-state index >= 15 is 0 Å². The van der Waals surface area contributed by atoms with Gasteiger partial charge in [0.1, 0.15) is 12.4 Å². The Morgan fingerprint density at radius 3 is 0.935 bits per heavy atom. The Bertz CT molecular complexity index is 1520. The minimum Gasteiger partial charge on any atom is -0.492 e. The molecule has 0 aromatic heterocycles. The molecule has 446 valence electrons. The average Bonchev–Trinajstić information content (AvgIpc) is 3.44. The van der Waals surface area contributed by atoms with Crippen molar-refractivity contribution in [2.24, 2.45) is 0 Å². The Hall–Kier alpha value is -2.89. The van der Waals surface area contributed by atoms with Crippen LogP contribution in [0.25, 0.3) is 0 Å². The summed E-state index contributed by atoms with van der Waals surface area (Å²) in [5, 5.41) is 0. The first-order chi connectivity index (χ1) is 38.0. The van der Waals surface area contributed by atoms with Crippen molar-refractivity contribution in [2.75, 3.05) is 40.0 Å². The number of hydrogen-bond donors (Lipinski definition) is 0. The molecule has 0 saturated carbocycles. The maximum absolute atomic E-state index is 14.2. The average molecular weight is 1070 g/mol. The van der Waals surface area contributed by atoms with Gasteiger partial charge in [0.25, 0.3) is 5.91 Å². The van der Waals surface area contributed by atoms with Crippen LogP contribution in [0.3, 0.4) is 0 Å². The molecule has 0 aliphatic rings. The van der Waals surface area contributed by atoms with Gasteiger partial charge >= 0.3 is 0 Å². The molecular weight excluding hydrogens is 947 g/mol. The summed E-state index contributed by atoms with van der Waals surface area (Å²) in [5.74, 6) is 2.70. The lowest BCUT2D eigenvalue weighted by Crippen LogP contribution is -2.31. The van der Waals surface area contributed by atoms with E-state index in [0.29, 0.717) is 55.8 Å². The molecule has 0 bridgehead atoms. The van der Waals surface area contributed by atoms with Gasteiger partial charge in [-0.15, -0.1) is 0 Å². The molecule has 0 spiro atoms. The monoisotopic (exact) mass is 1070 g/mol. The third kappa shape index (κ3) is 41.7. The van der Waals surface area contributed by atoms with Gasteiger partial charge in [0.2, 0.25) is 5.75 Å². The van der Waals surface area contributed by atoms with E-state index in [1.165, 1.54) is 270 Å². The highest BCUT2D eigenvalue weighted by Crippen LogP contribution is 2.40. The molecule has 6 nitrogen and oxygen atoms in total. The highest BCUT2D eigenvalue weighted by Gasteiger charge is 2.21. The summed E-state index contributed by atoms with van der Waals surface area (Å²) in [5.41, 5.74) is 1.73. The molecule has 0 heterocycles. The van der Waals surface area contributed by atoms with Gasteiger partial charge in [0, 0.05) is 12.6 Å². The first-order valence-electron chi connectivity index (χ1n) is 34.0. The molecule has 0 N–H and O–H groups in total. The minimum atomic E-state index is -0.0679. The fraction of sp³-hybridized carbons (Fsp3) is 0.817. The largest absolute Gasteiger partial charge is 0.492 e. The number of likely N-dealkylation sites (N-methyl/N-ethyl adjacent to an activating group) is 1. The summed E-state index contributed by atoms with van der Waals surface area (Å²) in [6.07, 6.45) is 64.4. The first-order valence-corrected chi connectivity index (χ1v) is 34.0. The predicted molar refractivity (Wildman–Crippen MR) is 335 cm³/mol. The molecule has 0 atom stereocenters. The maximum atomic E-state index is 14.2. The molecule has 2 rings (SSSR count). The number of benzene rings is 2. The normalized spacial score (nSPS) is 11.4. The lowest BCUT2D eigenvalue weighted by Gasteiger charge is -2.21. The van der Waals surface area contributed by atoms with Crippen LogP contribution < -0.4 is 18.9 Å². The number of hydrogen-bond acceptors (Lipinski definition) is 5. The van der Waals surface area contributed by atoms with Crippen molar-refractivity contribution in [3.05, 3.63) is 47.5 Å². The summed E-state index contributed by atoms with van der Waals surface area (Å²) in [6.45, 7) is 11.7. The molecule has 0 saturated heterocycles. The van der Waals surface area contributed by atoms with E-state index in [9.17, 15) is 4.79 Å². The van der Waals surface area contributed by atoms with Crippen molar-refractivity contribution >= 4 is 5.91 Å². The fourth-order valence-corrected chi connectivity index (χ4v) is 10.9. The molecule has 2 aromatic rings. The van der Waals surface area contributed by atoms with Crippen molar-refractivity contribution in [1.29, 1.82) is 0 Å². The molecular formula is C71H127NO5. The number of nitrogens with zero attached hydrogens (tertiary/aromatic N) is 1. The molecule has 77 heavy (non-hydrogen) atoms. The molecule has 0 unspecified atom stereocenters. The van der Waals surface area contributed by atoms with Crippen LogP contribution in [0.4, 0.5) is 0 Å². The van der Waals surface area contributed by atoms with E-state index in [1.54, 1.807) is 4.90 Å². The first kappa shape index (κ1) is 70.2. The van der Waals surface area contributed by atoms with E-state index < -0.39 is 0 Å². The second-order valence-corrected chi connectivity index (χ2v) is 23.6. The molecule has 2 aromatic carbocycles. The second-order valence-electron chi connectivity index (χ2n) is 23.6. The van der Waals surface area contributed by atoms with Gasteiger partial charge in [0.05, 0.1) is 26.4 Å². The van der Waals surface area contributed by atoms with Crippen LogP contribution in [0.2, 0.25) is 0 Å². The highest BCUT2D eigenvalue weighted by molar-refractivity contribution is 5.95. The zero-order valence-electron chi connectivity index (χ0n) is 51.9. The van der Waals surface area contributed by atoms with E-state index in [-0.39, 0.29) is 5.91 Å². The lowest BCUT2D eigenvalue weighted by atomic mass is 10.0. The smallest absolute Gasteiger partial charge is 0.253 e. The highest BCUT2D eigenvalue weighted by atomic mass is 16.5. The van der Waals surface area contributed by atoms with Crippen LogP contribution in [0.5, 0.6) is 23.0 Å². The van der Waals surface area contributed by atoms with Crippen LogP contribution in [0.15, 0.2) is 36.4 Å². The van der Waals surface area contributed by atoms with E-state index in [0.717, 1.165) is 49.8 Å². The lowest BCUT2D eigenvalue weighted by molar-refractivity contribution is 0.0772. The summed E-state index contributed by atoms with van der Waals surface area (Å²) in [6, 6.07) is 11.9. The minimum absolute atomic E-state index is 0.0679. The molecule has 0 aliphatic carbocycles. The van der Waals surface area contributed by atoms with E-state index in [2.05, 4.69) is 33.8 Å². The Morgan fingerprint density at radius 2 is 0.636 bits per heavy atom. The van der Waals surface area contributed by atoms with Crippen LogP contribution in [0, 0.1) is 6.92 Å². The van der Waals surface area contributed by atoms with Gasteiger partial charge in [-0.05, 0) is 56.0 Å². The number of carbonyl (C=O) groups excluding carboxylic acids is 1. The predicted octanol–water partition coefficient (Wildman–Crippen LogP) is 23.1. The van der Waals surface area contributed by atoms with Crippen LogP contribution >= 0.6 is 0 Å². The Balaban J connectivity index is 1.96. The third-order valence-corrected chi connectivity index (χ3v) is 16.1. The zero-order valence-corrected chi connectivity index (χ0v) is 51.9. The molecule has 0 aliphatic heterocycles. The van der Waals surface area contributed by atoms with Crippen LogP contribution in [-0.2, 0) is 0 Å². The number of carbonyl (C=O) groups is 1. The van der Waals surface area contributed by atoms with Crippen molar-refractivity contribution in [3.8, 4) is 23.0 Å². The third-order valence-electron chi connectivity index (χ3n) is 16.1.